The number of hydrogen-bond acceptors (Lipinski definition) is 3. The summed E-state index contributed by atoms with van der Waals surface area (Å²) in [7, 11) is 0. The largest absolute Gasteiger partial charge is 0.466 e. The molecule has 0 fully saturated rings. The Balaban J connectivity index is 2.98. The van der Waals surface area contributed by atoms with E-state index in [1.807, 2.05) is 0 Å². The number of carbonyl (C=O) groups is 1. The summed E-state index contributed by atoms with van der Waals surface area (Å²) in [4.78, 5) is 14.2. The maximum absolute atomic E-state index is 12.9. The minimum absolute atomic E-state index is 0.101. The monoisotopic (exact) mass is 251 g/mol. The number of hydrogen-bond donors (Lipinski definition) is 0. The van der Waals surface area contributed by atoms with Crippen molar-refractivity contribution in [2.45, 2.75) is 19.8 Å². The van der Waals surface area contributed by atoms with E-state index in [0.29, 0.717) is 6.07 Å². The first kappa shape index (κ1) is 13.4. The average molecular weight is 251 g/mol. The SMILES string of the molecule is CCOC(=O)Cc1cc(F)c(F)c(C(F)F)n1. The lowest BCUT2D eigenvalue weighted by Crippen LogP contribution is -2.11. The van der Waals surface area contributed by atoms with E-state index in [9.17, 15) is 22.4 Å². The summed E-state index contributed by atoms with van der Waals surface area (Å²) >= 11 is 0. The Labute approximate surface area is 94.4 Å². The standard InChI is InChI=1S/C10H9F4NO2/c1-2-17-7(16)4-5-3-6(11)8(12)9(15-5)10(13)14/h3,10H,2,4H2,1H3. The maximum atomic E-state index is 12.9. The summed E-state index contributed by atoms with van der Waals surface area (Å²) in [5.41, 5.74) is -1.60. The van der Waals surface area contributed by atoms with Crippen LogP contribution in [0.3, 0.4) is 0 Å². The zero-order valence-corrected chi connectivity index (χ0v) is 8.84. The number of aromatic nitrogens is 1. The lowest BCUT2D eigenvalue weighted by atomic mass is 10.2. The van der Waals surface area contributed by atoms with Gasteiger partial charge in [0.2, 0.25) is 0 Å². The number of esters is 1. The molecule has 0 amide bonds. The number of nitrogens with zero attached hydrogens (tertiary/aromatic N) is 1. The van der Waals surface area contributed by atoms with E-state index >= 15 is 0 Å². The molecule has 7 heteroatoms. The first-order chi connectivity index (χ1) is 7.95. The molecule has 1 aromatic heterocycles. The minimum Gasteiger partial charge on any atom is -0.466 e. The van der Waals surface area contributed by atoms with Gasteiger partial charge in [-0.25, -0.2) is 22.5 Å². The van der Waals surface area contributed by atoms with Crippen LogP contribution in [0.4, 0.5) is 17.6 Å². The molecule has 0 unspecified atom stereocenters. The van der Waals surface area contributed by atoms with Crippen molar-refractivity contribution in [1.82, 2.24) is 4.98 Å². The lowest BCUT2D eigenvalue weighted by molar-refractivity contribution is -0.142. The molecule has 0 radical (unpaired) electrons. The summed E-state index contributed by atoms with van der Waals surface area (Å²) < 4.78 is 54.9. The molecule has 0 aliphatic heterocycles. The summed E-state index contributed by atoms with van der Waals surface area (Å²) in [6, 6.07) is 0.595. The van der Waals surface area contributed by atoms with Gasteiger partial charge in [-0.05, 0) is 13.0 Å². The molecule has 1 rings (SSSR count). The predicted octanol–water partition coefficient (Wildman–Crippen LogP) is 2.40. The zero-order chi connectivity index (χ0) is 13.0. The molecule has 0 atom stereocenters. The van der Waals surface area contributed by atoms with Crippen LogP contribution < -0.4 is 0 Å². The number of alkyl halides is 2. The Bertz CT molecular complexity index is 423. The van der Waals surface area contributed by atoms with Crippen LogP contribution in [0.5, 0.6) is 0 Å². The van der Waals surface area contributed by atoms with Gasteiger partial charge in [-0.3, -0.25) is 4.79 Å². The summed E-state index contributed by atoms with van der Waals surface area (Å²) in [6.45, 7) is 1.66. The third kappa shape index (κ3) is 3.40. The molecule has 0 N–H and O–H groups in total. The highest BCUT2D eigenvalue weighted by atomic mass is 19.3. The Kier molecular flexibility index (Phi) is 4.42. The summed E-state index contributed by atoms with van der Waals surface area (Å²) in [5.74, 6) is -3.91. The average Bonchev–Trinajstić information content (AvgIpc) is 2.23. The molecule has 0 aromatic carbocycles. The van der Waals surface area contributed by atoms with Crippen LogP contribution in [0.25, 0.3) is 0 Å². The van der Waals surface area contributed by atoms with Gasteiger partial charge in [0.25, 0.3) is 6.43 Å². The smallest absolute Gasteiger partial charge is 0.311 e. The second-order valence-electron chi connectivity index (χ2n) is 3.08. The molecular formula is C10H9F4NO2. The van der Waals surface area contributed by atoms with Crippen LogP contribution in [0.15, 0.2) is 6.07 Å². The van der Waals surface area contributed by atoms with Crippen LogP contribution in [0.2, 0.25) is 0 Å². The Morgan fingerprint density at radius 2 is 2.12 bits per heavy atom. The number of halogens is 4. The molecule has 3 nitrogen and oxygen atoms in total. The lowest BCUT2D eigenvalue weighted by Gasteiger charge is -2.06. The fraction of sp³-hybridized carbons (Fsp3) is 0.400. The first-order valence-corrected chi connectivity index (χ1v) is 4.74. The van der Waals surface area contributed by atoms with Gasteiger partial charge in [0.1, 0.15) is 5.69 Å². The molecule has 94 valence electrons. The van der Waals surface area contributed by atoms with Crippen molar-refractivity contribution in [3.8, 4) is 0 Å². The van der Waals surface area contributed by atoms with Crippen molar-refractivity contribution in [2.75, 3.05) is 6.61 Å². The number of carbonyl (C=O) groups excluding carboxylic acids is 1. The van der Waals surface area contributed by atoms with Gasteiger partial charge in [0, 0.05) is 0 Å². The van der Waals surface area contributed by atoms with Gasteiger partial charge in [0.15, 0.2) is 11.6 Å². The molecule has 0 bridgehead atoms. The van der Waals surface area contributed by atoms with Crippen molar-refractivity contribution in [3.05, 3.63) is 29.1 Å². The number of pyridine rings is 1. The highest BCUT2D eigenvalue weighted by molar-refractivity contribution is 5.71. The molecular weight excluding hydrogens is 242 g/mol. The third-order valence-electron chi connectivity index (χ3n) is 1.83. The quantitative estimate of drug-likeness (QED) is 0.609. The highest BCUT2D eigenvalue weighted by Crippen LogP contribution is 2.22. The molecule has 0 saturated carbocycles. The molecule has 1 aromatic rings. The van der Waals surface area contributed by atoms with E-state index in [0.717, 1.165) is 0 Å². The van der Waals surface area contributed by atoms with E-state index in [-0.39, 0.29) is 12.3 Å². The van der Waals surface area contributed by atoms with Gasteiger partial charge < -0.3 is 4.74 Å². The topological polar surface area (TPSA) is 39.2 Å². The number of rotatable bonds is 4. The fourth-order valence-electron chi connectivity index (χ4n) is 1.16. The Hall–Kier alpha value is -1.66. The van der Waals surface area contributed by atoms with Crippen LogP contribution in [-0.4, -0.2) is 17.6 Å². The van der Waals surface area contributed by atoms with Gasteiger partial charge in [-0.2, -0.15) is 0 Å². The van der Waals surface area contributed by atoms with E-state index in [1.165, 1.54) is 0 Å². The van der Waals surface area contributed by atoms with E-state index in [4.69, 9.17) is 0 Å². The molecule has 0 spiro atoms. The first-order valence-electron chi connectivity index (χ1n) is 4.74. The van der Waals surface area contributed by atoms with Crippen LogP contribution in [-0.2, 0) is 16.0 Å². The fourth-order valence-corrected chi connectivity index (χ4v) is 1.16. The van der Waals surface area contributed by atoms with Crippen LogP contribution in [0, 0.1) is 11.6 Å². The van der Waals surface area contributed by atoms with E-state index < -0.39 is 36.1 Å². The van der Waals surface area contributed by atoms with Gasteiger partial charge in [0.05, 0.1) is 18.7 Å². The Morgan fingerprint density at radius 3 is 2.65 bits per heavy atom. The third-order valence-corrected chi connectivity index (χ3v) is 1.83. The summed E-state index contributed by atoms with van der Waals surface area (Å²) in [6.07, 6.45) is -3.73. The van der Waals surface area contributed by atoms with Gasteiger partial charge >= 0.3 is 5.97 Å². The van der Waals surface area contributed by atoms with Gasteiger partial charge in [-0.1, -0.05) is 0 Å². The highest BCUT2D eigenvalue weighted by Gasteiger charge is 2.21. The van der Waals surface area contributed by atoms with Crippen molar-refractivity contribution >= 4 is 5.97 Å². The van der Waals surface area contributed by atoms with Crippen molar-refractivity contribution in [2.24, 2.45) is 0 Å². The van der Waals surface area contributed by atoms with Crippen LogP contribution >= 0.6 is 0 Å². The minimum atomic E-state index is -3.24. The predicted molar refractivity (Wildman–Crippen MR) is 49.4 cm³/mol. The number of ether oxygens (including phenoxy) is 1. The molecule has 1 heterocycles. The molecule has 0 aliphatic carbocycles. The molecule has 0 saturated heterocycles. The van der Waals surface area contributed by atoms with Crippen molar-refractivity contribution in [3.63, 3.8) is 0 Å². The maximum Gasteiger partial charge on any atom is 0.311 e. The van der Waals surface area contributed by atoms with E-state index in [2.05, 4.69) is 9.72 Å². The van der Waals surface area contributed by atoms with Crippen molar-refractivity contribution < 1.29 is 27.1 Å². The van der Waals surface area contributed by atoms with Crippen LogP contribution in [0.1, 0.15) is 24.7 Å². The second-order valence-corrected chi connectivity index (χ2v) is 3.08. The normalized spacial score (nSPS) is 10.7. The molecule has 0 aliphatic rings. The van der Waals surface area contributed by atoms with E-state index in [1.54, 1.807) is 6.92 Å². The summed E-state index contributed by atoms with van der Waals surface area (Å²) in [5, 5.41) is 0. The Morgan fingerprint density at radius 1 is 1.47 bits per heavy atom. The van der Waals surface area contributed by atoms with Gasteiger partial charge in [-0.15, -0.1) is 0 Å². The second kappa shape index (κ2) is 5.60. The zero-order valence-electron chi connectivity index (χ0n) is 8.84. The van der Waals surface area contributed by atoms with Crippen molar-refractivity contribution in [1.29, 1.82) is 0 Å². The molecule has 17 heavy (non-hydrogen) atoms.